The van der Waals surface area contributed by atoms with Gasteiger partial charge < -0.3 is 19.2 Å². The van der Waals surface area contributed by atoms with Crippen molar-refractivity contribution in [1.29, 1.82) is 0 Å². The minimum Gasteiger partial charge on any atom is -0.495 e. The molecule has 0 unspecified atom stereocenters. The molecule has 0 spiro atoms. The summed E-state index contributed by atoms with van der Waals surface area (Å²) < 4.78 is 18.3. The maximum atomic E-state index is 13.3. The van der Waals surface area contributed by atoms with Gasteiger partial charge in [0.1, 0.15) is 16.8 Å². The van der Waals surface area contributed by atoms with Crippen molar-refractivity contribution < 1.29 is 18.7 Å². The molecule has 2 aromatic heterocycles. The van der Waals surface area contributed by atoms with Gasteiger partial charge >= 0.3 is 0 Å². The van der Waals surface area contributed by atoms with Crippen LogP contribution in [0.1, 0.15) is 20.3 Å². The number of thioether (sulfide) groups is 1. The number of benzene rings is 2. The Balaban J connectivity index is 1.60. The largest absolute Gasteiger partial charge is 0.495 e. The third kappa shape index (κ3) is 5.26. The van der Waals surface area contributed by atoms with E-state index in [2.05, 4.69) is 5.32 Å². The third-order valence-corrected chi connectivity index (χ3v) is 6.11. The molecule has 0 radical (unpaired) electrons. The lowest BCUT2D eigenvalue weighted by Crippen LogP contribution is -2.24. The summed E-state index contributed by atoms with van der Waals surface area (Å²) >= 11 is 1.21. The van der Waals surface area contributed by atoms with E-state index in [1.165, 1.54) is 11.8 Å². The molecule has 8 nitrogen and oxygen atoms in total. The Bertz CT molecular complexity index is 1360. The number of rotatable bonds is 10. The second-order valence-electron chi connectivity index (χ2n) is 7.94. The van der Waals surface area contributed by atoms with Crippen LogP contribution in [0.5, 0.6) is 5.75 Å². The van der Waals surface area contributed by atoms with E-state index in [1.807, 2.05) is 50.2 Å². The van der Waals surface area contributed by atoms with E-state index >= 15 is 0 Å². The van der Waals surface area contributed by atoms with Gasteiger partial charge in [0.15, 0.2) is 5.16 Å². The molecular weight excluding hydrogens is 454 g/mol. The molecule has 0 aliphatic heterocycles. The van der Waals surface area contributed by atoms with Gasteiger partial charge in [-0.25, -0.2) is 4.98 Å². The second kappa shape index (κ2) is 10.8. The van der Waals surface area contributed by atoms with Crippen LogP contribution in [0.2, 0.25) is 0 Å². The summed E-state index contributed by atoms with van der Waals surface area (Å²) in [7, 11) is 1.55. The lowest BCUT2D eigenvalue weighted by Gasteiger charge is -2.13. The average molecular weight is 482 g/mol. The van der Waals surface area contributed by atoms with Gasteiger partial charge in [0.2, 0.25) is 11.5 Å². The van der Waals surface area contributed by atoms with Crippen LogP contribution >= 0.6 is 11.8 Å². The van der Waals surface area contributed by atoms with Crippen LogP contribution in [-0.2, 0) is 16.1 Å². The first kappa shape index (κ1) is 23.8. The van der Waals surface area contributed by atoms with Crippen LogP contribution in [0.15, 0.2) is 62.9 Å². The van der Waals surface area contributed by atoms with Crippen LogP contribution in [0, 0.1) is 0 Å². The number of carbonyl (C=O) groups is 1. The van der Waals surface area contributed by atoms with E-state index in [-0.39, 0.29) is 28.9 Å². The summed E-state index contributed by atoms with van der Waals surface area (Å²) in [6.07, 6.45) is 0.743. The van der Waals surface area contributed by atoms with E-state index in [4.69, 9.17) is 18.9 Å². The molecule has 0 bridgehead atoms. The fourth-order valence-electron chi connectivity index (χ4n) is 3.57. The summed E-state index contributed by atoms with van der Waals surface area (Å²) in [5.41, 5.74) is 1.64. The highest BCUT2D eigenvalue weighted by Gasteiger charge is 2.19. The van der Waals surface area contributed by atoms with Gasteiger partial charge in [-0.2, -0.15) is 0 Å². The van der Waals surface area contributed by atoms with Crippen molar-refractivity contribution in [2.75, 3.05) is 24.8 Å². The molecule has 1 N–H and O–H groups in total. The third-order valence-electron chi connectivity index (χ3n) is 5.14. The molecule has 4 rings (SSSR count). The van der Waals surface area contributed by atoms with E-state index in [0.29, 0.717) is 47.3 Å². The number of nitrogens with zero attached hydrogens (tertiary/aromatic N) is 2. The van der Waals surface area contributed by atoms with Crippen molar-refractivity contribution in [3.05, 3.63) is 58.9 Å². The Morgan fingerprint density at radius 2 is 1.94 bits per heavy atom. The molecule has 2 heterocycles. The molecule has 0 saturated carbocycles. The van der Waals surface area contributed by atoms with Crippen LogP contribution in [-0.4, -0.2) is 41.0 Å². The molecule has 178 valence electrons. The molecule has 9 heteroatoms. The number of nitrogens with one attached hydrogen (secondary N) is 1. The lowest BCUT2D eigenvalue weighted by atomic mass is 10.2. The summed E-state index contributed by atoms with van der Waals surface area (Å²) in [4.78, 5) is 30.7. The fourth-order valence-corrected chi connectivity index (χ4v) is 4.38. The number of ether oxygens (including phenoxy) is 2. The minimum atomic E-state index is -0.265. The number of aromatic nitrogens is 2. The first-order chi connectivity index (χ1) is 16.5. The van der Waals surface area contributed by atoms with Gasteiger partial charge in [0.25, 0.3) is 5.56 Å². The predicted molar refractivity (Wildman–Crippen MR) is 134 cm³/mol. The van der Waals surface area contributed by atoms with E-state index in [1.54, 1.807) is 23.8 Å². The van der Waals surface area contributed by atoms with Gasteiger partial charge in [-0.3, -0.25) is 14.2 Å². The SMILES string of the molecule is COc1ccccc1NC(=O)CSc1nc2c(oc3ccccc32)c(=O)n1CCCOC(C)C. The van der Waals surface area contributed by atoms with Crippen molar-refractivity contribution in [3.63, 3.8) is 0 Å². The molecule has 2 aromatic carbocycles. The monoisotopic (exact) mass is 481 g/mol. The van der Waals surface area contributed by atoms with Crippen LogP contribution in [0.3, 0.4) is 0 Å². The Labute approximate surface area is 201 Å². The second-order valence-corrected chi connectivity index (χ2v) is 8.88. The van der Waals surface area contributed by atoms with Crippen molar-refractivity contribution >= 4 is 45.4 Å². The number of furan rings is 1. The molecule has 0 atom stereocenters. The summed E-state index contributed by atoms with van der Waals surface area (Å²) in [6.45, 7) is 4.86. The molecular formula is C25H27N3O5S. The molecule has 0 fully saturated rings. The van der Waals surface area contributed by atoms with Crippen molar-refractivity contribution in [1.82, 2.24) is 9.55 Å². The Morgan fingerprint density at radius 1 is 1.18 bits per heavy atom. The maximum absolute atomic E-state index is 13.3. The zero-order valence-electron chi connectivity index (χ0n) is 19.4. The topological polar surface area (TPSA) is 95.6 Å². The molecule has 1 amide bonds. The maximum Gasteiger partial charge on any atom is 0.297 e. The van der Waals surface area contributed by atoms with E-state index in [9.17, 15) is 9.59 Å². The van der Waals surface area contributed by atoms with Crippen LogP contribution in [0.4, 0.5) is 5.69 Å². The zero-order valence-corrected chi connectivity index (χ0v) is 20.2. The molecule has 4 aromatic rings. The normalized spacial score (nSPS) is 11.4. The van der Waals surface area contributed by atoms with Gasteiger partial charge in [-0.1, -0.05) is 36.0 Å². The molecule has 34 heavy (non-hydrogen) atoms. The first-order valence-electron chi connectivity index (χ1n) is 11.1. The van der Waals surface area contributed by atoms with Gasteiger partial charge in [0, 0.05) is 18.5 Å². The van der Waals surface area contributed by atoms with Crippen molar-refractivity contribution in [3.8, 4) is 5.75 Å². The fraction of sp³-hybridized carbons (Fsp3) is 0.320. The number of fused-ring (bicyclic) bond motifs is 3. The van der Waals surface area contributed by atoms with Crippen LogP contribution < -0.4 is 15.6 Å². The highest BCUT2D eigenvalue weighted by atomic mass is 32.2. The van der Waals surface area contributed by atoms with Gasteiger partial charge in [-0.05, 0) is 44.5 Å². The molecule has 0 aliphatic carbocycles. The highest BCUT2D eigenvalue weighted by molar-refractivity contribution is 7.99. The predicted octanol–water partition coefficient (Wildman–Crippen LogP) is 4.70. The quantitative estimate of drug-likeness (QED) is 0.199. The first-order valence-corrected chi connectivity index (χ1v) is 12.1. The van der Waals surface area contributed by atoms with Crippen molar-refractivity contribution in [2.45, 2.75) is 38.1 Å². The van der Waals surface area contributed by atoms with Crippen molar-refractivity contribution in [2.24, 2.45) is 0 Å². The van der Waals surface area contributed by atoms with Gasteiger partial charge in [0.05, 0.1) is 24.7 Å². The number of amides is 1. The lowest BCUT2D eigenvalue weighted by molar-refractivity contribution is -0.113. The number of methoxy groups -OCH3 is 1. The van der Waals surface area contributed by atoms with Gasteiger partial charge in [-0.15, -0.1) is 0 Å². The zero-order chi connectivity index (χ0) is 24.1. The highest BCUT2D eigenvalue weighted by Crippen LogP contribution is 2.28. The number of anilines is 1. The molecule has 0 saturated heterocycles. The Morgan fingerprint density at radius 3 is 2.74 bits per heavy atom. The number of hydrogen-bond acceptors (Lipinski definition) is 7. The smallest absolute Gasteiger partial charge is 0.297 e. The Kier molecular flexibility index (Phi) is 7.54. The van der Waals surface area contributed by atoms with E-state index < -0.39 is 0 Å². The minimum absolute atomic E-state index is 0.0777. The number of para-hydroxylation sites is 3. The summed E-state index contributed by atoms with van der Waals surface area (Å²) in [5.74, 6) is 0.428. The Hall–Kier alpha value is -3.30. The standard InChI is InChI=1S/C25H27N3O5S/c1-16(2)32-14-8-13-28-24(30)23-22(17-9-4-6-11-19(17)33-23)27-25(28)34-15-21(29)26-18-10-5-7-12-20(18)31-3/h4-7,9-12,16H,8,13-15H2,1-3H3,(H,26,29). The number of carbonyl (C=O) groups excluding carboxylic acids is 1. The average Bonchev–Trinajstić information content (AvgIpc) is 3.21. The molecule has 0 aliphatic rings. The summed E-state index contributed by atoms with van der Waals surface area (Å²) in [6, 6.07) is 14.6. The van der Waals surface area contributed by atoms with E-state index in [0.717, 1.165) is 5.39 Å². The van der Waals surface area contributed by atoms with Crippen LogP contribution in [0.25, 0.3) is 22.1 Å². The number of hydrogen-bond donors (Lipinski definition) is 1. The summed E-state index contributed by atoms with van der Waals surface area (Å²) in [5, 5.41) is 4.08.